The van der Waals surface area contributed by atoms with Gasteiger partial charge in [-0.15, -0.1) is 0 Å². The molecular weight excluding hydrogens is 389 g/mol. The van der Waals surface area contributed by atoms with Gasteiger partial charge in [-0.25, -0.2) is 4.79 Å². The van der Waals surface area contributed by atoms with Crippen LogP contribution in [0.4, 0.5) is 18.0 Å². The lowest BCUT2D eigenvalue weighted by Crippen LogP contribution is -2.51. The van der Waals surface area contributed by atoms with Crippen LogP contribution in [0.15, 0.2) is 11.8 Å². The molecule has 1 saturated heterocycles. The standard InChI is InChI=1S/C16H25F3N2O5S/c1-15(2,3)25-14(22)21-8-4-5-12(11-21)20-9-6-13(7-10-20)26-27(23,24)16(17,18)19/h6,12H,4-5,7-11H2,1-3H3. The molecule has 2 heterocycles. The van der Waals surface area contributed by atoms with Gasteiger partial charge < -0.3 is 13.8 Å². The van der Waals surface area contributed by atoms with Crippen molar-refractivity contribution in [1.29, 1.82) is 0 Å². The lowest BCUT2D eigenvalue weighted by molar-refractivity contribution is -0.0525. The Kier molecular flexibility index (Phi) is 6.35. The number of hydrogen-bond acceptors (Lipinski definition) is 6. The summed E-state index contributed by atoms with van der Waals surface area (Å²) >= 11 is 0. The van der Waals surface area contributed by atoms with Gasteiger partial charge in [0.15, 0.2) is 0 Å². The third-order valence-corrected chi connectivity index (χ3v) is 5.26. The smallest absolute Gasteiger partial charge is 0.444 e. The van der Waals surface area contributed by atoms with Crippen LogP contribution in [0.2, 0.25) is 0 Å². The van der Waals surface area contributed by atoms with Crippen LogP contribution in [0.3, 0.4) is 0 Å². The zero-order valence-corrected chi connectivity index (χ0v) is 16.4. The molecular formula is C16H25F3N2O5S. The normalized spacial score (nSPS) is 23.0. The van der Waals surface area contributed by atoms with Crippen LogP contribution >= 0.6 is 0 Å². The molecule has 156 valence electrons. The van der Waals surface area contributed by atoms with Crippen LogP contribution < -0.4 is 0 Å². The van der Waals surface area contributed by atoms with Gasteiger partial charge in [0.1, 0.15) is 11.4 Å². The van der Waals surface area contributed by atoms with Crippen molar-refractivity contribution < 1.29 is 35.3 Å². The summed E-state index contributed by atoms with van der Waals surface area (Å²) < 4.78 is 68.9. The number of likely N-dealkylation sites (tertiary alicyclic amines) is 1. The first kappa shape index (κ1) is 21.8. The molecule has 0 bridgehead atoms. The predicted molar refractivity (Wildman–Crippen MR) is 91.2 cm³/mol. The van der Waals surface area contributed by atoms with Crippen LogP contribution in [0.25, 0.3) is 0 Å². The molecule has 27 heavy (non-hydrogen) atoms. The highest BCUT2D eigenvalue weighted by Gasteiger charge is 2.49. The van der Waals surface area contributed by atoms with Crippen LogP contribution in [0, 0.1) is 0 Å². The molecule has 0 aromatic heterocycles. The van der Waals surface area contributed by atoms with E-state index in [2.05, 4.69) is 4.18 Å². The highest BCUT2D eigenvalue weighted by atomic mass is 32.2. The van der Waals surface area contributed by atoms with Crippen molar-refractivity contribution in [3.8, 4) is 0 Å². The number of piperidine rings is 1. The number of halogens is 3. The average Bonchev–Trinajstić information content (AvgIpc) is 2.53. The molecule has 7 nitrogen and oxygen atoms in total. The van der Waals surface area contributed by atoms with Crippen molar-refractivity contribution in [2.24, 2.45) is 0 Å². The van der Waals surface area contributed by atoms with E-state index in [1.54, 1.807) is 25.7 Å². The highest BCUT2D eigenvalue weighted by Crippen LogP contribution is 2.29. The van der Waals surface area contributed by atoms with Gasteiger partial charge in [0, 0.05) is 38.6 Å². The Hall–Kier alpha value is -1.49. The summed E-state index contributed by atoms with van der Waals surface area (Å²) in [5, 5.41) is 0. The van der Waals surface area contributed by atoms with Gasteiger partial charge in [0.25, 0.3) is 0 Å². The quantitative estimate of drug-likeness (QED) is 0.522. The molecule has 0 aromatic carbocycles. The van der Waals surface area contributed by atoms with E-state index in [9.17, 15) is 26.4 Å². The first-order chi connectivity index (χ1) is 12.3. The number of ether oxygens (including phenoxy) is 1. The summed E-state index contributed by atoms with van der Waals surface area (Å²) in [7, 11) is -5.63. The van der Waals surface area contributed by atoms with Crippen LogP contribution in [0.5, 0.6) is 0 Å². The molecule has 1 amide bonds. The zero-order valence-electron chi connectivity index (χ0n) is 15.6. The zero-order chi connectivity index (χ0) is 20.5. The summed E-state index contributed by atoms with van der Waals surface area (Å²) in [6.45, 7) is 7.03. The minimum atomic E-state index is -5.63. The Bertz CT molecular complexity index is 685. The van der Waals surface area contributed by atoms with E-state index in [1.165, 1.54) is 6.08 Å². The van der Waals surface area contributed by atoms with Crippen LogP contribution in [-0.2, 0) is 19.0 Å². The number of nitrogens with zero attached hydrogens (tertiary/aromatic N) is 2. The van der Waals surface area contributed by atoms with E-state index in [-0.39, 0.29) is 30.9 Å². The summed E-state index contributed by atoms with van der Waals surface area (Å²) in [5.41, 5.74) is -6.03. The van der Waals surface area contributed by atoms with Gasteiger partial charge in [-0.1, -0.05) is 0 Å². The maximum Gasteiger partial charge on any atom is 0.534 e. The summed E-state index contributed by atoms with van der Waals surface area (Å²) in [6.07, 6.45) is 2.64. The van der Waals surface area contributed by atoms with Gasteiger partial charge in [-0.2, -0.15) is 21.6 Å². The van der Waals surface area contributed by atoms with Crippen LogP contribution in [0.1, 0.15) is 40.0 Å². The number of rotatable bonds is 3. The second-order valence-corrected chi connectivity index (χ2v) is 9.16. The SMILES string of the molecule is CC(C)(C)OC(=O)N1CCCC(N2CC=C(OS(=O)(=O)C(F)(F)F)CC2)C1. The molecule has 1 fully saturated rings. The predicted octanol–water partition coefficient (Wildman–Crippen LogP) is 2.84. The van der Waals surface area contributed by atoms with E-state index in [1.807, 2.05) is 4.90 Å². The Morgan fingerprint density at radius 1 is 1.22 bits per heavy atom. The van der Waals surface area contributed by atoms with Crippen molar-refractivity contribution >= 4 is 16.2 Å². The fraction of sp³-hybridized carbons (Fsp3) is 0.812. The Morgan fingerprint density at radius 3 is 2.41 bits per heavy atom. The fourth-order valence-electron chi connectivity index (χ4n) is 3.01. The number of amides is 1. The van der Waals surface area contributed by atoms with Gasteiger partial charge in [-0.3, -0.25) is 4.90 Å². The lowest BCUT2D eigenvalue weighted by atomic mass is 10.0. The molecule has 2 rings (SSSR count). The number of alkyl halides is 3. The molecule has 0 N–H and O–H groups in total. The minimum Gasteiger partial charge on any atom is -0.444 e. The van der Waals surface area contributed by atoms with Gasteiger partial charge in [-0.05, 0) is 39.7 Å². The number of carbonyl (C=O) groups excluding carboxylic acids is 1. The van der Waals surface area contributed by atoms with Gasteiger partial charge in [0.05, 0.1) is 0 Å². The first-order valence-corrected chi connectivity index (χ1v) is 10.1. The second-order valence-electron chi connectivity index (χ2n) is 7.62. The number of hydrogen-bond donors (Lipinski definition) is 0. The summed E-state index contributed by atoms with van der Waals surface area (Å²) in [5.74, 6) is -0.205. The highest BCUT2D eigenvalue weighted by molar-refractivity contribution is 7.87. The molecule has 0 saturated carbocycles. The molecule has 2 aliphatic rings. The van der Waals surface area contributed by atoms with E-state index >= 15 is 0 Å². The van der Waals surface area contributed by atoms with Crippen molar-refractivity contribution in [1.82, 2.24) is 9.80 Å². The van der Waals surface area contributed by atoms with E-state index in [0.717, 1.165) is 12.8 Å². The Morgan fingerprint density at radius 2 is 1.89 bits per heavy atom. The van der Waals surface area contributed by atoms with E-state index < -0.39 is 21.2 Å². The molecule has 0 spiro atoms. The summed E-state index contributed by atoms with van der Waals surface area (Å²) in [4.78, 5) is 15.9. The molecule has 0 radical (unpaired) electrons. The van der Waals surface area contributed by atoms with Gasteiger partial charge >= 0.3 is 21.7 Å². The molecule has 0 aromatic rings. The minimum absolute atomic E-state index is 0.0308. The van der Waals surface area contributed by atoms with Crippen molar-refractivity contribution in [2.45, 2.75) is 57.2 Å². The average molecular weight is 414 g/mol. The van der Waals surface area contributed by atoms with Gasteiger partial charge in [0.2, 0.25) is 0 Å². The maximum atomic E-state index is 12.4. The maximum absolute atomic E-state index is 12.4. The topological polar surface area (TPSA) is 76.2 Å². The first-order valence-electron chi connectivity index (χ1n) is 8.70. The van der Waals surface area contributed by atoms with Crippen molar-refractivity contribution in [3.05, 3.63) is 11.8 Å². The molecule has 0 aliphatic carbocycles. The molecule has 1 atom stereocenters. The summed E-state index contributed by atoms with van der Waals surface area (Å²) in [6, 6.07) is 0.0308. The largest absolute Gasteiger partial charge is 0.534 e. The monoisotopic (exact) mass is 414 g/mol. The Labute approximate surface area is 157 Å². The Balaban J connectivity index is 1.93. The third kappa shape index (κ3) is 6.00. The fourth-order valence-corrected chi connectivity index (χ4v) is 3.53. The van der Waals surface area contributed by atoms with Crippen LogP contribution in [-0.4, -0.2) is 67.6 Å². The molecule has 1 unspecified atom stereocenters. The third-order valence-electron chi connectivity index (χ3n) is 4.26. The second kappa shape index (κ2) is 7.86. The van der Waals surface area contributed by atoms with E-state index in [4.69, 9.17) is 4.74 Å². The lowest BCUT2D eigenvalue weighted by Gasteiger charge is -2.40. The van der Waals surface area contributed by atoms with E-state index in [0.29, 0.717) is 19.6 Å². The molecule has 2 aliphatic heterocycles. The van der Waals surface area contributed by atoms with Crippen molar-refractivity contribution in [3.63, 3.8) is 0 Å². The molecule has 11 heteroatoms. The number of carbonyl (C=O) groups is 1. The van der Waals surface area contributed by atoms with Crippen molar-refractivity contribution in [2.75, 3.05) is 26.2 Å².